The van der Waals surface area contributed by atoms with Gasteiger partial charge in [-0.3, -0.25) is 13.9 Å². The molecule has 4 rings (SSSR count). The lowest BCUT2D eigenvalue weighted by molar-refractivity contribution is -0.140. The van der Waals surface area contributed by atoms with Gasteiger partial charge >= 0.3 is 0 Å². The monoisotopic (exact) mass is 675 g/mol. The molecule has 242 valence electrons. The lowest BCUT2D eigenvalue weighted by Gasteiger charge is -2.34. The van der Waals surface area contributed by atoms with Crippen LogP contribution >= 0.6 is 23.2 Å². The van der Waals surface area contributed by atoms with Crippen LogP contribution in [0.3, 0.4) is 0 Å². The summed E-state index contributed by atoms with van der Waals surface area (Å²) in [5, 5.41) is 3.80. The van der Waals surface area contributed by atoms with E-state index in [0.717, 1.165) is 36.4 Å². The van der Waals surface area contributed by atoms with Crippen LogP contribution in [0.4, 0.5) is 5.69 Å². The van der Waals surface area contributed by atoms with Crippen molar-refractivity contribution in [1.29, 1.82) is 0 Å². The fourth-order valence-electron chi connectivity index (χ4n) is 5.53. The molecule has 12 heteroatoms. The summed E-state index contributed by atoms with van der Waals surface area (Å²) in [6, 6.07) is 16.7. The van der Waals surface area contributed by atoms with E-state index < -0.39 is 28.5 Å². The topological polar surface area (TPSA) is 105 Å². The third-order valence-corrected chi connectivity index (χ3v) is 10.5. The number of benzene rings is 3. The Morgan fingerprint density at radius 2 is 1.60 bits per heavy atom. The van der Waals surface area contributed by atoms with Crippen molar-refractivity contribution in [3.8, 4) is 11.5 Å². The first-order valence-corrected chi connectivity index (χ1v) is 17.1. The van der Waals surface area contributed by atoms with Gasteiger partial charge in [0.05, 0.1) is 34.8 Å². The van der Waals surface area contributed by atoms with Crippen LogP contribution in [-0.2, 0) is 26.2 Å². The van der Waals surface area contributed by atoms with Gasteiger partial charge in [0.2, 0.25) is 11.8 Å². The zero-order valence-corrected chi connectivity index (χ0v) is 28.0. The van der Waals surface area contributed by atoms with E-state index in [1.165, 1.54) is 37.3 Å². The zero-order valence-electron chi connectivity index (χ0n) is 25.7. The van der Waals surface area contributed by atoms with Crippen molar-refractivity contribution in [1.82, 2.24) is 10.2 Å². The van der Waals surface area contributed by atoms with Crippen molar-refractivity contribution in [3.05, 3.63) is 82.3 Å². The van der Waals surface area contributed by atoms with Crippen molar-refractivity contribution >= 4 is 50.7 Å². The van der Waals surface area contributed by atoms with E-state index in [1.54, 1.807) is 48.5 Å². The van der Waals surface area contributed by atoms with Gasteiger partial charge in [-0.05, 0) is 61.2 Å². The minimum absolute atomic E-state index is 0.00528. The zero-order chi connectivity index (χ0) is 32.6. The second kappa shape index (κ2) is 15.7. The average Bonchev–Trinajstić information content (AvgIpc) is 3.05. The first-order valence-electron chi connectivity index (χ1n) is 14.9. The second-order valence-electron chi connectivity index (χ2n) is 10.9. The number of sulfonamides is 1. The third kappa shape index (κ3) is 8.42. The number of nitrogens with one attached hydrogen (secondary N) is 1. The van der Waals surface area contributed by atoms with E-state index in [0.29, 0.717) is 33.5 Å². The molecule has 1 fully saturated rings. The maximum Gasteiger partial charge on any atom is 0.264 e. The van der Waals surface area contributed by atoms with Crippen LogP contribution < -0.4 is 19.1 Å². The first kappa shape index (κ1) is 34.4. The lowest BCUT2D eigenvalue weighted by atomic mass is 9.95. The molecule has 45 heavy (non-hydrogen) atoms. The highest BCUT2D eigenvalue weighted by Crippen LogP contribution is 2.34. The smallest absolute Gasteiger partial charge is 0.264 e. The number of methoxy groups -OCH3 is 2. The van der Waals surface area contributed by atoms with E-state index in [4.69, 9.17) is 32.7 Å². The summed E-state index contributed by atoms with van der Waals surface area (Å²) in [6.07, 6.45) is 5.27. The van der Waals surface area contributed by atoms with Gasteiger partial charge in [-0.15, -0.1) is 0 Å². The standard InChI is InChI=1S/C33H39Cl2N3O6S/c1-4-29(33(40)36-24-11-7-5-8-12-24)37(21-23-15-17-27(34)28(35)19-23)32(39)22-38(45(41,42)26-13-9-6-10-14-26)25-16-18-30(43-2)31(20-25)44-3/h6,9-10,13-20,24,29H,4-5,7-8,11-12,21-22H2,1-3H3,(H,36,40)/t29-/m1/s1. The van der Waals surface area contributed by atoms with Crippen molar-refractivity contribution in [2.75, 3.05) is 25.1 Å². The fraction of sp³-hybridized carbons (Fsp3) is 0.394. The van der Waals surface area contributed by atoms with Gasteiger partial charge in [-0.1, -0.05) is 73.7 Å². The predicted octanol–water partition coefficient (Wildman–Crippen LogP) is 6.46. The number of ether oxygens (including phenoxy) is 2. The van der Waals surface area contributed by atoms with Crippen molar-refractivity contribution in [2.24, 2.45) is 0 Å². The minimum atomic E-state index is -4.24. The van der Waals surface area contributed by atoms with Crippen LogP contribution in [0.15, 0.2) is 71.6 Å². The van der Waals surface area contributed by atoms with Crippen LogP contribution in [0.25, 0.3) is 0 Å². The summed E-state index contributed by atoms with van der Waals surface area (Å²) in [5.41, 5.74) is 0.837. The Hall–Kier alpha value is -3.47. The Bertz CT molecular complexity index is 1580. The number of carbonyl (C=O) groups is 2. The molecular formula is C33H39Cl2N3O6S. The first-order chi connectivity index (χ1) is 21.6. The Kier molecular flexibility index (Phi) is 12.0. The Balaban J connectivity index is 1.75. The quantitative estimate of drug-likeness (QED) is 0.223. The number of amides is 2. The van der Waals surface area contributed by atoms with Gasteiger partial charge < -0.3 is 19.7 Å². The number of nitrogens with zero attached hydrogens (tertiary/aromatic N) is 2. The van der Waals surface area contributed by atoms with E-state index in [9.17, 15) is 18.0 Å². The Labute approximate surface area is 275 Å². The number of anilines is 1. The Morgan fingerprint density at radius 3 is 2.22 bits per heavy atom. The third-order valence-electron chi connectivity index (χ3n) is 7.94. The molecule has 1 aliphatic carbocycles. The number of rotatable bonds is 13. The van der Waals surface area contributed by atoms with E-state index in [-0.39, 0.29) is 29.1 Å². The molecule has 0 bridgehead atoms. The average molecular weight is 677 g/mol. The van der Waals surface area contributed by atoms with Crippen LogP contribution in [0.2, 0.25) is 10.0 Å². The molecule has 0 aliphatic heterocycles. The van der Waals surface area contributed by atoms with Crippen molar-refractivity contribution in [2.45, 2.75) is 69.0 Å². The summed E-state index contributed by atoms with van der Waals surface area (Å²) >= 11 is 12.5. The molecule has 3 aromatic carbocycles. The van der Waals surface area contributed by atoms with Gasteiger partial charge in [0.25, 0.3) is 10.0 Å². The van der Waals surface area contributed by atoms with E-state index >= 15 is 0 Å². The molecule has 1 aliphatic rings. The molecule has 2 amide bonds. The van der Waals surface area contributed by atoms with Crippen LogP contribution in [0, 0.1) is 0 Å². The SMILES string of the molecule is CC[C@H](C(=O)NC1CCCCC1)N(Cc1ccc(Cl)c(Cl)c1)C(=O)CN(c1ccc(OC)c(OC)c1)S(=O)(=O)c1ccccc1. The summed E-state index contributed by atoms with van der Waals surface area (Å²) in [4.78, 5) is 29.5. The summed E-state index contributed by atoms with van der Waals surface area (Å²) in [5.74, 6) is -0.152. The van der Waals surface area contributed by atoms with Crippen molar-refractivity contribution in [3.63, 3.8) is 0 Å². The second-order valence-corrected chi connectivity index (χ2v) is 13.6. The van der Waals surface area contributed by atoms with Gasteiger partial charge in [0.15, 0.2) is 11.5 Å². The predicted molar refractivity (Wildman–Crippen MR) is 177 cm³/mol. The highest BCUT2D eigenvalue weighted by Gasteiger charge is 2.35. The summed E-state index contributed by atoms with van der Waals surface area (Å²) in [6.45, 7) is 1.26. The largest absolute Gasteiger partial charge is 0.493 e. The van der Waals surface area contributed by atoms with Gasteiger partial charge in [0, 0.05) is 18.7 Å². The Morgan fingerprint density at radius 1 is 0.911 bits per heavy atom. The van der Waals surface area contributed by atoms with Crippen LogP contribution in [0.5, 0.6) is 11.5 Å². The highest BCUT2D eigenvalue weighted by atomic mass is 35.5. The molecule has 0 spiro atoms. The molecular weight excluding hydrogens is 637 g/mol. The molecule has 9 nitrogen and oxygen atoms in total. The normalized spacial score (nSPS) is 14.3. The molecule has 0 radical (unpaired) electrons. The molecule has 1 atom stereocenters. The molecule has 0 heterocycles. The molecule has 1 N–H and O–H groups in total. The van der Waals surface area contributed by atoms with E-state index in [2.05, 4.69) is 5.32 Å². The maximum absolute atomic E-state index is 14.4. The van der Waals surface area contributed by atoms with Crippen molar-refractivity contribution < 1.29 is 27.5 Å². The number of carbonyl (C=O) groups excluding carboxylic acids is 2. The molecule has 0 aromatic heterocycles. The minimum Gasteiger partial charge on any atom is -0.493 e. The number of halogens is 2. The molecule has 1 saturated carbocycles. The van der Waals surface area contributed by atoms with Gasteiger partial charge in [-0.25, -0.2) is 8.42 Å². The maximum atomic E-state index is 14.4. The molecule has 0 unspecified atom stereocenters. The van der Waals surface area contributed by atoms with Crippen LogP contribution in [-0.4, -0.2) is 58.0 Å². The van der Waals surface area contributed by atoms with E-state index in [1.807, 2.05) is 6.92 Å². The lowest BCUT2D eigenvalue weighted by Crippen LogP contribution is -2.54. The molecule has 0 saturated heterocycles. The van der Waals surface area contributed by atoms with Crippen LogP contribution in [0.1, 0.15) is 51.0 Å². The fourth-order valence-corrected chi connectivity index (χ4v) is 7.27. The number of hydrogen-bond donors (Lipinski definition) is 1. The summed E-state index contributed by atoms with van der Waals surface area (Å²) < 4.78 is 40.0. The van der Waals surface area contributed by atoms with Gasteiger partial charge in [0.1, 0.15) is 12.6 Å². The highest BCUT2D eigenvalue weighted by molar-refractivity contribution is 7.92. The van der Waals surface area contributed by atoms with Gasteiger partial charge in [-0.2, -0.15) is 0 Å². The molecule has 3 aromatic rings. The number of hydrogen-bond acceptors (Lipinski definition) is 6. The summed E-state index contributed by atoms with van der Waals surface area (Å²) in [7, 11) is -1.32.